The maximum atomic E-state index is 9.78. The largest absolute Gasteiger partial charge is 0.508 e. The molecule has 0 aliphatic heterocycles. The zero-order valence-corrected chi connectivity index (χ0v) is 12.5. The number of nitrogens with one attached hydrogen (secondary N) is 1. The van der Waals surface area contributed by atoms with E-state index in [9.17, 15) is 5.11 Å². The van der Waals surface area contributed by atoms with Gasteiger partial charge in [-0.05, 0) is 25.1 Å². The Balaban J connectivity index is 1.76. The van der Waals surface area contributed by atoms with Crippen molar-refractivity contribution in [3.63, 3.8) is 0 Å². The Morgan fingerprint density at radius 1 is 1.14 bits per heavy atom. The Morgan fingerprint density at radius 3 is 2.76 bits per heavy atom. The fourth-order valence-corrected chi connectivity index (χ4v) is 2.76. The molecule has 0 fully saturated rings. The molecule has 4 heteroatoms. The van der Waals surface area contributed by atoms with Gasteiger partial charge in [0.25, 0.3) is 0 Å². The lowest BCUT2D eigenvalue weighted by Crippen LogP contribution is -1.99. The van der Waals surface area contributed by atoms with Crippen LogP contribution in [0, 0.1) is 6.92 Å². The molecule has 0 bridgehead atoms. The van der Waals surface area contributed by atoms with Gasteiger partial charge >= 0.3 is 0 Å². The summed E-state index contributed by atoms with van der Waals surface area (Å²) in [7, 11) is 0. The fraction of sp³-hybridized carbons (Fsp3) is 0.118. The van der Waals surface area contributed by atoms with Crippen molar-refractivity contribution in [1.29, 1.82) is 0 Å². The number of hydrogen-bond donors (Lipinski definition) is 2. The van der Waals surface area contributed by atoms with E-state index in [0.717, 1.165) is 27.5 Å². The van der Waals surface area contributed by atoms with Crippen LogP contribution in [0.15, 0.2) is 53.9 Å². The zero-order chi connectivity index (χ0) is 14.7. The van der Waals surface area contributed by atoms with E-state index in [1.165, 1.54) is 0 Å². The van der Waals surface area contributed by atoms with Crippen molar-refractivity contribution in [2.45, 2.75) is 13.5 Å². The Morgan fingerprint density at radius 2 is 2.00 bits per heavy atom. The van der Waals surface area contributed by atoms with Crippen LogP contribution in [0.4, 0.5) is 5.69 Å². The fourth-order valence-electron chi connectivity index (χ4n) is 2.14. The number of aromatic nitrogens is 1. The minimum Gasteiger partial charge on any atom is -0.508 e. The summed E-state index contributed by atoms with van der Waals surface area (Å²) >= 11 is 1.65. The number of thiazole rings is 1. The van der Waals surface area contributed by atoms with Gasteiger partial charge in [-0.25, -0.2) is 4.98 Å². The molecule has 3 aromatic rings. The quantitative estimate of drug-likeness (QED) is 0.748. The molecule has 0 unspecified atom stereocenters. The Kier molecular flexibility index (Phi) is 3.88. The van der Waals surface area contributed by atoms with E-state index in [2.05, 4.69) is 27.8 Å². The highest BCUT2D eigenvalue weighted by Crippen LogP contribution is 2.25. The number of phenols is 1. The predicted molar refractivity (Wildman–Crippen MR) is 87.7 cm³/mol. The molecule has 2 aromatic carbocycles. The molecule has 106 valence electrons. The third-order valence-electron chi connectivity index (χ3n) is 3.25. The van der Waals surface area contributed by atoms with Crippen LogP contribution in [0.1, 0.15) is 10.6 Å². The van der Waals surface area contributed by atoms with Crippen LogP contribution in [0.3, 0.4) is 0 Å². The minimum atomic E-state index is 0.316. The van der Waals surface area contributed by atoms with E-state index < -0.39 is 0 Å². The van der Waals surface area contributed by atoms with Gasteiger partial charge in [-0.1, -0.05) is 30.3 Å². The van der Waals surface area contributed by atoms with Crippen molar-refractivity contribution in [1.82, 2.24) is 4.98 Å². The standard InChI is InChI=1S/C17H16N2OS/c1-12-19-16(11-21-12)13-6-4-7-15(9-13)18-10-14-5-2-3-8-17(14)20/h2-9,11,18,20H,10H2,1H3. The number of hydrogen-bond acceptors (Lipinski definition) is 4. The zero-order valence-electron chi connectivity index (χ0n) is 11.7. The molecule has 3 rings (SSSR count). The summed E-state index contributed by atoms with van der Waals surface area (Å²) in [6, 6.07) is 15.5. The third-order valence-corrected chi connectivity index (χ3v) is 4.03. The van der Waals surface area contributed by atoms with Crippen molar-refractivity contribution in [2.75, 3.05) is 5.32 Å². The molecular weight excluding hydrogens is 280 g/mol. The molecule has 0 saturated carbocycles. The summed E-state index contributed by atoms with van der Waals surface area (Å²) in [5, 5.41) is 16.2. The maximum Gasteiger partial charge on any atom is 0.120 e. The van der Waals surface area contributed by atoms with E-state index in [1.807, 2.05) is 37.3 Å². The lowest BCUT2D eigenvalue weighted by Gasteiger charge is -2.09. The Hall–Kier alpha value is -2.33. The number of phenolic OH excluding ortho intramolecular Hbond substituents is 1. The SMILES string of the molecule is Cc1nc(-c2cccc(NCc3ccccc3O)c2)cs1. The molecule has 1 heterocycles. The average Bonchev–Trinajstić information content (AvgIpc) is 2.93. The van der Waals surface area contributed by atoms with E-state index in [1.54, 1.807) is 17.4 Å². The molecule has 0 aliphatic rings. The van der Waals surface area contributed by atoms with Gasteiger partial charge < -0.3 is 10.4 Å². The van der Waals surface area contributed by atoms with E-state index >= 15 is 0 Å². The summed E-state index contributed by atoms with van der Waals surface area (Å²) in [6.45, 7) is 2.60. The molecule has 0 amide bonds. The normalized spacial score (nSPS) is 10.5. The van der Waals surface area contributed by atoms with Crippen LogP contribution in [-0.4, -0.2) is 10.1 Å². The number of anilines is 1. The monoisotopic (exact) mass is 296 g/mol. The smallest absolute Gasteiger partial charge is 0.120 e. The summed E-state index contributed by atoms with van der Waals surface area (Å²) in [5.74, 6) is 0.316. The first-order chi connectivity index (χ1) is 10.2. The molecule has 1 aromatic heterocycles. The molecule has 0 saturated heterocycles. The van der Waals surface area contributed by atoms with Crippen LogP contribution in [0.2, 0.25) is 0 Å². The molecule has 2 N–H and O–H groups in total. The van der Waals surface area contributed by atoms with Crippen molar-refractivity contribution in [2.24, 2.45) is 0 Å². The molecule has 0 radical (unpaired) electrons. The lowest BCUT2D eigenvalue weighted by atomic mass is 10.1. The number of benzene rings is 2. The highest BCUT2D eigenvalue weighted by atomic mass is 32.1. The second-order valence-corrected chi connectivity index (χ2v) is 5.88. The van der Waals surface area contributed by atoms with Gasteiger partial charge in [-0.15, -0.1) is 11.3 Å². The third kappa shape index (κ3) is 3.23. The number of aryl methyl sites for hydroxylation is 1. The highest BCUT2D eigenvalue weighted by Gasteiger charge is 2.04. The Bertz CT molecular complexity index is 752. The van der Waals surface area contributed by atoms with Crippen molar-refractivity contribution >= 4 is 17.0 Å². The summed E-state index contributed by atoms with van der Waals surface area (Å²) in [5.41, 5.74) is 4.00. The first-order valence-electron chi connectivity index (χ1n) is 6.76. The van der Waals surface area contributed by atoms with Gasteiger partial charge in [0.1, 0.15) is 5.75 Å². The van der Waals surface area contributed by atoms with Gasteiger partial charge in [0.15, 0.2) is 0 Å². The topological polar surface area (TPSA) is 45.2 Å². The van der Waals surface area contributed by atoms with Crippen LogP contribution < -0.4 is 5.32 Å². The van der Waals surface area contributed by atoms with Gasteiger partial charge in [-0.2, -0.15) is 0 Å². The molecule has 21 heavy (non-hydrogen) atoms. The van der Waals surface area contributed by atoms with E-state index in [4.69, 9.17) is 0 Å². The number of aromatic hydroxyl groups is 1. The van der Waals surface area contributed by atoms with Gasteiger partial charge in [-0.3, -0.25) is 0 Å². The summed E-state index contributed by atoms with van der Waals surface area (Å²) < 4.78 is 0. The van der Waals surface area contributed by atoms with Crippen molar-refractivity contribution in [3.05, 3.63) is 64.5 Å². The van der Waals surface area contributed by atoms with E-state index in [-0.39, 0.29) is 0 Å². The number of nitrogens with zero attached hydrogens (tertiary/aromatic N) is 1. The summed E-state index contributed by atoms with van der Waals surface area (Å²) in [4.78, 5) is 4.51. The number of para-hydroxylation sites is 1. The Labute approximate surface area is 127 Å². The first kappa shape index (κ1) is 13.6. The van der Waals surface area contributed by atoms with Crippen molar-refractivity contribution < 1.29 is 5.11 Å². The van der Waals surface area contributed by atoms with E-state index in [0.29, 0.717) is 12.3 Å². The second kappa shape index (κ2) is 5.97. The molecule has 0 spiro atoms. The summed E-state index contributed by atoms with van der Waals surface area (Å²) in [6.07, 6.45) is 0. The molecule has 3 nitrogen and oxygen atoms in total. The second-order valence-electron chi connectivity index (χ2n) is 4.81. The van der Waals surface area contributed by atoms with Crippen molar-refractivity contribution in [3.8, 4) is 17.0 Å². The maximum absolute atomic E-state index is 9.78. The molecular formula is C17H16N2OS. The van der Waals surface area contributed by atoms with Gasteiger partial charge in [0.05, 0.1) is 10.7 Å². The minimum absolute atomic E-state index is 0.316. The molecule has 0 atom stereocenters. The van der Waals surface area contributed by atoms with Crippen LogP contribution in [0.25, 0.3) is 11.3 Å². The first-order valence-corrected chi connectivity index (χ1v) is 7.63. The lowest BCUT2D eigenvalue weighted by molar-refractivity contribution is 0.469. The number of rotatable bonds is 4. The average molecular weight is 296 g/mol. The highest BCUT2D eigenvalue weighted by molar-refractivity contribution is 7.09. The molecule has 0 aliphatic carbocycles. The predicted octanol–water partition coefficient (Wildman–Crippen LogP) is 4.44. The van der Waals surface area contributed by atoms with Crippen LogP contribution in [0.5, 0.6) is 5.75 Å². The van der Waals surface area contributed by atoms with Crippen LogP contribution in [-0.2, 0) is 6.54 Å². The van der Waals surface area contributed by atoms with Gasteiger partial charge in [0.2, 0.25) is 0 Å². The van der Waals surface area contributed by atoms with Gasteiger partial charge in [0, 0.05) is 28.7 Å². The van der Waals surface area contributed by atoms with Crippen LogP contribution >= 0.6 is 11.3 Å².